The summed E-state index contributed by atoms with van der Waals surface area (Å²) in [5.74, 6) is -0.923. The van der Waals surface area contributed by atoms with Crippen LogP contribution in [0, 0.1) is 0 Å². The van der Waals surface area contributed by atoms with Gasteiger partial charge in [-0.2, -0.15) is 0 Å². The van der Waals surface area contributed by atoms with Gasteiger partial charge in [0, 0.05) is 6.54 Å². The second-order valence-corrected chi connectivity index (χ2v) is 5.82. The number of carboxylic acid groups (broad SMARTS) is 1. The van der Waals surface area contributed by atoms with E-state index in [-0.39, 0.29) is 0 Å². The van der Waals surface area contributed by atoms with E-state index in [2.05, 4.69) is 0 Å². The van der Waals surface area contributed by atoms with Crippen LogP contribution < -0.4 is 0 Å². The number of amides is 1. The van der Waals surface area contributed by atoms with Crippen molar-refractivity contribution in [3.8, 4) is 0 Å². The van der Waals surface area contributed by atoms with Crippen molar-refractivity contribution in [2.75, 3.05) is 6.54 Å². The van der Waals surface area contributed by atoms with E-state index in [1.807, 2.05) is 6.92 Å². The molecule has 1 N–H and O–H groups in total. The minimum absolute atomic E-state index is 0.460. The van der Waals surface area contributed by atoms with Crippen molar-refractivity contribution >= 4 is 12.1 Å². The molecule has 0 saturated carbocycles. The monoisotopic (exact) mass is 257 g/mol. The molecule has 1 aliphatic rings. The van der Waals surface area contributed by atoms with Crippen LogP contribution in [0.15, 0.2) is 0 Å². The van der Waals surface area contributed by atoms with Crippen molar-refractivity contribution < 1.29 is 19.4 Å². The molecule has 1 atom stereocenters. The highest BCUT2D eigenvalue weighted by molar-refractivity contribution is 5.85. The van der Waals surface area contributed by atoms with E-state index in [0.29, 0.717) is 25.8 Å². The van der Waals surface area contributed by atoms with Crippen molar-refractivity contribution in [1.29, 1.82) is 0 Å². The Kier molecular flexibility index (Phi) is 4.24. The second kappa shape index (κ2) is 5.16. The molecule has 0 spiro atoms. The van der Waals surface area contributed by atoms with Crippen LogP contribution in [0.25, 0.3) is 0 Å². The van der Waals surface area contributed by atoms with Crippen LogP contribution in [0.3, 0.4) is 0 Å². The molecule has 1 heterocycles. The predicted octanol–water partition coefficient (Wildman–Crippen LogP) is 2.64. The molecule has 1 fully saturated rings. The third kappa shape index (κ3) is 2.94. The van der Waals surface area contributed by atoms with Gasteiger partial charge < -0.3 is 9.84 Å². The highest BCUT2D eigenvalue weighted by atomic mass is 16.6. The van der Waals surface area contributed by atoms with Crippen molar-refractivity contribution in [3.05, 3.63) is 0 Å². The van der Waals surface area contributed by atoms with Gasteiger partial charge in [-0.05, 0) is 40.0 Å². The summed E-state index contributed by atoms with van der Waals surface area (Å²) < 4.78 is 5.30. The summed E-state index contributed by atoms with van der Waals surface area (Å²) in [6, 6.07) is 0. The third-order valence-electron chi connectivity index (χ3n) is 3.16. The van der Waals surface area contributed by atoms with Gasteiger partial charge in [0.1, 0.15) is 11.1 Å². The Labute approximate surface area is 108 Å². The average molecular weight is 257 g/mol. The zero-order chi connectivity index (χ0) is 14.0. The molecule has 1 saturated heterocycles. The van der Waals surface area contributed by atoms with E-state index in [4.69, 9.17) is 4.74 Å². The topological polar surface area (TPSA) is 66.8 Å². The number of rotatable bonds is 3. The molecule has 0 aromatic carbocycles. The molecule has 0 radical (unpaired) electrons. The standard InChI is InChI=1S/C13H23NO4/c1-5-7-13(10(15)16)8-6-9-14(13)11(17)18-12(2,3)4/h5-9H2,1-4H3,(H,15,16)/t13-/m0/s1. The Morgan fingerprint density at radius 2 is 2.00 bits per heavy atom. The number of aliphatic carboxylic acids is 1. The van der Waals surface area contributed by atoms with Crippen molar-refractivity contribution in [2.24, 2.45) is 0 Å². The Balaban J connectivity index is 2.92. The number of hydrogen-bond donors (Lipinski definition) is 1. The van der Waals surface area contributed by atoms with Crippen molar-refractivity contribution in [1.82, 2.24) is 4.90 Å². The Hall–Kier alpha value is -1.26. The Morgan fingerprint density at radius 1 is 1.39 bits per heavy atom. The molecule has 1 aliphatic heterocycles. The van der Waals surface area contributed by atoms with Gasteiger partial charge in [0.15, 0.2) is 0 Å². The molecule has 0 aromatic heterocycles. The quantitative estimate of drug-likeness (QED) is 0.844. The molecule has 5 heteroatoms. The van der Waals surface area contributed by atoms with Gasteiger partial charge in [0.2, 0.25) is 0 Å². The zero-order valence-corrected chi connectivity index (χ0v) is 11.7. The van der Waals surface area contributed by atoms with Gasteiger partial charge in [0.25, 0.3) is 0 Å². The minimum atomic E-state index is -1.07. The first-order valence-electron chi connectivity index (χ1n) is 6.47. The summed E-state index contributed by atoms with van der Waals surface area (Å²) in [6.07, 6.45) is 1.91. The summed E-state index contributed by atoms with van der Waals surface area (Å²) in [6.45, 7) is 7.73. The molecule has 104 valence electrons. The van der Waals surface area contributed by atoms with E-state index in [1.165, 1.54) is 4.90 Å². The van der Waals surface area contributed by atoms with E-state index in [1.54, 1.807) is 20.8 Å². The first kappa shape index (κ1) is 14.8. The fourth-order valence-corrected chi connectivity index (χ4v) is 2.46. The van der Waals surface area contributed by atoms with Crippen LogP contribution >= 0.6 is 0 Å². The van der Waals surface area contributed by atoms with Gasteiger partial charge in [-0.1, -0.05) is 13.3 Å². The summed E-state index contributed by atoms with van der Waals surface area (Å²) in [4.78, 5) is 25.0. The lowest BCUT2D eigenvalue weighted by Crippen LogP contribution is -2.54. The van der Waals surface area contributed by atoms with Crippen LogP contribution in [0.4, 0.5) is 4.79 Å². The summed E-state index contributed by atoms with van der Waals surface area (Å²) >= 11 is 0. The Morgan fingerprint density at radius 3 is 2.44 bits per heavy atom. The lowest BCUT2D eigenvalue weighted by Gasteiger charge is -2.35. The number of likely N-dealkylation sites (tertiary alicyclic amines) is 1. The molecule has 5 nitrogen and oxygen atoms in total. The number of nitrogens with zero attached hydrogens (tertiary/aromatic N) is 1. The van der Waals surface area contributed by atoms with Crippen LogP contribution in [0.1, 0.15) is 53.4 Å². The first-order valence-corrected chi connectivity index (χ1v) is 6.47. The molecular weight excluding hydrogens is 234 g/mol. The number of carbonyl (C=O) groups is 2. The lowest BCUT2D eigenvalue weighted by atomic mass is 9.91. The van der Waals surface area contributed by atoms with Gasteiger partial charge >= 0.3 is 12.1 Å². The largest absolute Gasteiger partial charge is 0.479 e. The van der Waals surface area contributed by atoms with E-state index in [9.17, 15) is 14.7 Å². The van der Waals surface area contributed by atoms with Crippen molar-refractivity contribution in [3.63, 3.8) is 0 Å². The van der Waals surface area contributed by atoms with Crippen LogP contribution in [0.2, 0.25) is 0 Å². The van der Waals surface area contributed by atoms with Gasteiger partial charge in [0.05, 0.1) is 0 Å². The molecule has 18 heavy (non-hydrogen) atoms. The smallest absolute Gasteiger partial charge is 0.411 e. The maximum atomic E-state index is 12.1. The van der Waals surface area contributed by atoms with Crippen molar-refractivity contribution in [2.45, 2.75) is 64.5 Å². The second-order valence-electron chi connectivity index (χ2n) is 5.82. The lowest BCUT2D eigenvalue weighted by molar-refractivity contribution is -0.150. The van der Waals surface area contributed by atoms with Crippen LogP contribution in [0.5, 0.6) is 0 Å². The molecular formula is C13H23NO4. The van der Waals surface area contributed by atoms with Gasteiger partial charge in [-0.3, -0.25) is 4.90 Å². The molecule has 0 bridgehead atoms. The highest BCUT2D eigenvalue weighted by Gasteiger charge is 2.50. The predicted molar refractivity (Wildman–Crippen MR) is 67.4 cm³/mol. The molecule has 0 aliphatic carbocycles. The van der Waals surface area contributed by atoms with Crippen LogP contribution in [-0.2, 0) is 9.53 Å². The number of hydrogen-bond acceptors (Lipinski definition) is 3. The fraction of sp³-hybridized carbons (Fsp3) is 0.846. The normalized spacial score (nSPS) is 24.1. The summed E-state index contributed by atoms with van der Waals surface area (Å²) in [5, 5.41) is 9.46. The average Bonchev–Trinajstić information content (AvgIpc) is 2.60. The van der Waals surface area contributed by atoms with Gasteiger partial charge in [-0.25, -0.2) is 9.59 Å². The van der Waals surface area contributed by atoms with E-state index >= 15 is 0 Å². The molecule has 1 amide bonds. The first-order chi connectivity index (χ1) is 8.23. The SMILES string of the molecule is CCC[C@@]1(C(=O)O)CCCN1C(=O)OC(C)(C)C. The number of ether oxygens (including phenoxy) is 1. The molecule has 0 unspecified atom stereocenters. The zero-order valence-electron chi connectivity index (χ0n) is 11.7. The number of carbonyl (C=O) groups excluding carboxylic acids is 1. The van der Waals surface area contributed by atoms with Gasteiger partial charge in [-0.15, -0.1) is 0 Å². The number of carboxylic acids is 1. The molecule has 1 rings (SSSR count). The maximum Gasteiger partial charge on any atom is 0.411 e. The maximum absolute atomic E-state index is 12.1. The van der Waals surface area contributed by atoms with E-state index < -0.39 is 23.2 Å². The summed E-state index contributed by atoms with van der Waals surface area (Å²) in [7, 11) is 0. The highest BCUT2D eigenvalue weighted by Crippen LogP contribution is 2.35. The van der Waals surface area contributed by atoms with Crippen LogP contribution in [-0.4, -0.2) is 39.8 Å². The minimum Gasteiger partial charge on any atom is -0.479 e. The van der Waals surface area contributed by atoms with E-state index in [0.717, 1.165) is 6.42 Å². The third-order valence-corrected chi connectivity index (χ3v) is 3.16. The molecule has 0 aromatic rings. The fourth-order valence-electron chi connectivity index (χ4n) is 2.46. The Bertz CT molecular complexity index is 334. The summed E-state index contributed by atoms with van der Waals surface area (Å²) in [5.41, 5.74) is -1.67.